The van der Waals surface area contributed by atoms with Gasteiger partial charge in [-0.3, -0.25) is 0 Å². The molecule has 2 rings (SSSR count). The number of rotatable bonds is 3. The van der Waals surface area contributed by atoms with Gasteiger partial charge in [-0.15, -0.1) is 0 Å². The summed E-state index contributed by atoms with van der Waals surface area (Å²) in [7, 11) is 1.25. The molecule has 6 nitrogen and oxygen atoms in total. The number of methoxy groups -OCH3 is 1. The van der Waals surface area contributed by atoms with E-state index < -0.39 is 11.9 Å². The number of nitrogens with two attached hydrogens (primary N) is 1. The highest BCUT2D eigenvalue weighted by Crippen LogP contribution is 2.28. The highest BCUT2D eigenvalue weighted by Gasteiger charge is 2.17. The number of hydrogen-bond acceptors (Lipinski definition) is 5. The van der Waals surface area contributed by atoms with Crippen LogP contribution >= 0.6 is 11.6 Å². The molecule has 0 saturated carbocycles. The van der Waals surface area contributed by atoms with E-state index in [1.165, 1.54) is 31.4 Å². The van der Waals surface area contributed by atoms with Crippen LogP contribution in [0, 0.1) is 0 Å². The van der Waals surface area contributed by atoms with Crippen molar-refractivity contribution >= 4 is 29.4 Å². The van der Waals surface area contributed by atoms with Gasteiger partial charge in [0.05, 0.1) is 17.7 Å². The summed E-state index contributed by atoms with van der Waals surface area (Å²) in [5, 5.41) is 9.34. The molecule has 0 fully saturated rings. The Balaban J connectivity index is 2.56. The number of pyridine rings is 1. The zero-order chi connectivity index (χ0) is 15.6. The van der Waals surface area contributed by atoms with Gasteiger partial charge in [0.1, 0.15) is 5.82 Å². The quantitative estimate of drug-likeness (QED) is 0.844. The lowest BCUT2D eigenvalue weighted by molar-refractivity contribution is 0.0600. The van der Waals surface area contributed by atoms with Crippen LogP contribution in [0.15, 0.2) is 30.3 Å². The van der Waals surface area contributed by atoms with Gasteiger partial charge in [-0.2, -0.15) is 0 Å². The molecule has 0 aliphatic rings. The number of esters is 1. The summed E-state index contributed by atoms with van der Waals surface area (Å²) >= 11 is 6.02. The molecule has 0 radical (unpaired) electrons. The second-order valence-electron chi connectivity index (χ2n) is 4.12. The lowest BCUT2D eigenvalue weighted by Crippen LogP contribution is -2.06. The molecule has 0 unspecified atom stereocenters. The summed E-state index contributed by atoms with van der Waals surface area (Å²) < 4.78 is 4.59. The molecule has 21 heavy (non-hydrogen) atoms. The molecule has 2 aromatic rings. The Kier molecular flexibility index (Phi) is 4.09. The van der Waals surface area contributed by atoms with Gasteiger partial charge in [0, 0.05) is 5.56 Å². The van der Waals surface area contributed by atoms with Crippen LogP contribution in [0.5, 0.6) is 0 Å². The summed E-state index contributed by atoms with van der Waals surface area (Å²) in [4.78, 5) is 26.5. The van der Waals surface area contributed by atoms with E-state index in [9.17, 15) is 14.7 Å². The second kappa shape index (κ2) is 5.80. The van der Waals surface area contributed by atoms with Crippen LogP contribution in [-0.4, -0.2) is 29.1 Å². The standard InChI is InChI=1S/C14H11ClN2O4/c1-21-14(20)9-3-2-7(6-10(9)15)8-4-5-11(16)17-12(8)13(18)19/h2-6H,1H3,(H2,16,17)(H,18,19). The van der Waals surface area contributed by atoms with Crippen LogP contribution < -0.4 is 5.73 Å². The largest absolute Gasteiger partial charge is 0.476 e. The monoisotopic (exact) mass is 306 g/mol. The van der Waals surface area contributed by atoms with Gasteiger partial charge in [0.15, 0.2) is 5.69 Å². The van der Waals surface area contributed by atoms with Gasteiger partial charge in [-0.1, -0.05) is 17.7 Å². The predicted octanol–water partition coefficient (Wildman–Crippen LogP) is 2.47. The fourth-order valence-corrected chi connectivity index (χ4v) is 2.09. The Bertz CT molecular complexity index is 731. The Morgan fingerprint density at radius 1 is 1.29 bits per heavy atom. The molecule has 1 aromatic heterocycles. The zero-order valence-corrected chi connectivity index (χ0v) is 11.7. The van der Waals surface area contributed by atoms with Gasteiger partial charge in [-0.25, -0.2) is 14.6 Å². The summed E-state index contributed by atoms with van der Waals surface area (Å²) in [5.41, 5.74) is 6.38. The van der Waals surface area contributed by atoms with E-state index in [-0.39, 0.29) is 22.1 Å². The minimum Gasteiger partial charge on any atom is -0.476 e. The van der Waals surface area contributed by atoms with Crippen LogP contribution in [0.25, 0.3) is 11.1 Å². The predicted molar refractivity (Wildman–Crippen MR) is 77.4 cm³/mol. The van der Waals surface area contributed by atoms with Crippen molar-refractivity contribution in [2.75, 3.05) is 12.8 Å². The molecule has 0 atom stereocenters. The number of carboxylic acid groups (broad SMARTS) is 1. The first-order valence-electron chi connectivity index (χ1n) is 5.82. The SMILES string of the molecule is COC(=O)c1ccc(-c2ccc(N)nc2C(=O)O)cc1Cl. The van der Waals surface area contributed by atoms with E-state index in [2.05, 4.69) is 9.72 Å². The molecule has 0 bridgehead atoms. The number of anilines is 1. The van der Waals surface area contributed by atoms with E-state index in [1.54, 1.807) is 6.07 Å². The number of aromatic carboxylic acids is 1. The van der Waals surface area contributed by atoms with Crippen molar-refractivity contribution in [1.82, 2.24) is 4.98 Å². The summed E-state index contributed by atoms with van der Waals surface area (Å²) in [5.74, 6) is -1.67. The first-order chi connectivity index (χ1) is 9.93. The van der Waals surface area contributed by atoms with Crippen LogP contribution in [0.2, 0.25) is 5.02 Å². The normalized spacial score (nSPS) is 10.2. The van der Waals surface area contributed by atoms with Gasteiger partial charge in [0.2, 0.25) is 0 Å². The molecule has 0 spiro atoms. The highest BCUT2D eigenvalue weighted by atomic mass is 35.5. The number of carbonyl (C=O) groups excluding carboxylic acids is 1. The number of aromatic nitrogens is 1. The number of carbonyl (C=O) groups is 2. The Hall–Kier alpha value is -2.60. The number of hydrogen-bond donors (Lipinski definition) is 2. The van der Waals surface area contributed by atoms with Crippen LogP contribution in [-0.2, 0) is 4.74 Å². The smallest absolute Gasteiger partial charge is 0.355 e. The van der Waals surface area contributed by atoms with Crippen molar-refractivity contribution in [2.24, 2.45) is 0 Å². The Labute approximate surface area is 125 Å². The molecular weight excluding hydrogens is 296 g/mol. The topological polar surface area (TPSA) is 103 Å². The summed E-state index contributed by atoms with van der Waals surface area (Å²) in [6.45, 7) is 0. The molecule has 108 valence electrons. The highest BCUT2D eigenvalue weighted by molar-refractivity contribution is 6.33. The van der Waals surface area contributed by atoms with Crippen LogP contribution in [0.3, 0.4) is 0 Å². The number of nitrogen functional groups attached to an aromatic ring is 1. The molecule has 0 amide bonds. The molecule has 0 aliphatic carbocycles. The van der Waals surface area contributed by atoms with Gasteiger partial charge < -0.3 is 15.6 Å². The van der Waals surface area contributed by atoms with Crippen molar-refractivity contribution in [3.05, 3.63) is 46.6 Å². The number of halogens is 1. The first-order valence-corrected chi connectivity index (χ1v) is 6.20. The van der Waals surface area contributed by atoms with E-state index >= 15 is 0 Å². The molecule has 0 saturated heterocycles. The molecule has 1 aromatic carbocycles. The average Bonchev–Trinajstić information content (AvgIpc) is 2.46. The third kappa shape index (κ3) is 2.95. The van der Waals surface area contributed by atoms with E-state index in [1.807, 2.05) is 0 Å². The third-order valence-corrected chi connectivity index (χ3v) is 3.12. The molecular formula is C14H11ClN2O4. The zero-order valence-electron chi connectivity index (χ0n) is 11.0. The Morgan fingerprint density at radius 3 is 2.57 bits per heavy atom. The average molecular weight is 307 g/mol. The molecule has 3 N–H and O–H groups in total. The van der Waals surface area contributed by atoms with Crippen molar-refractivity contribution in [3.63, 3.8) is 0 Å². The van der Waals surface area contributed by atoms with E-state index in [4.69, 9.17) is 17.3 Å². The summed E-state index contributed by atoms with van der Waals surface area (Å²) in [6, 6.07) is 7.54. The lowest BCUT2D eigenvalue weighted by atomic mass is 10.0. The maximum atomic E-state index is 11.5. The van der Waals surface area contributed by atoms with Gasteiger partial charge in [-0.05, 0) is 29.8 Å². The third-order valence-electron chi connectivity index (χ3n) is 2.80. The second-order valence-corrected chi connectivity index (χ2v) is 4.53. The lowest BCUT2D eigenvalue weighted by Gasteiger charge is -2.09. The minimum atomic E-state index is -1.20. The van der Waals surface area contributed by atoms with Crippen molar-refractivity contribution in [2.45, 2.75) is 0 Å². The maximum Gasteiger partial charge on any atom is 0.355 e. The fourth-order valence-electron chi connectivity index (χ4n) is 1.83. The number of ether oxygens (including phenoxy) is 1. The van der Waals surface area contributed by atoms with Crippen molar-refractivity contribution in [3.8, 4) is 11.1 Å². The molecule has 0 aliphatic heterocycles. The van der Waals surface area contributed by atoms with Crippen molar-refractivity contribution < 1.29 is 19.4 Å². The number of carboxylic acids is 1. The fraction of sp³-hybridized carbons (Fsp3) is 0.0714. The van der Waals surface area contributed by atoms with Crippen LogP contribution in [0.1, 0.15) is 20.8 Å². The van der Waals surface area contributed by atoms with Crippen LogP contribution in [0.4, 0.5) is 5.82 Å². The van der Waals surface area contributed by atoms with Crippen molar-refractivity contribution in [1.29, 1.82) is 0 Å². The minimum absolute atomic E-state index is 0.105. The van der Waals surface area contributed by atoms with Gasteiger partial charge >= 0.3 is 11.9 Å². The van der Waals surface area contributed by atoms with Gasteiger partial charge in [0.25, 0.3) is 0 Å². The molecule has 7 heteroatoms. The van der Waals surface area contributed by atoms with E-state index in [0.29, 0.717) is 11.1 Å². The number of benzene rings is 1. The Morgan fingerprint density at radius 2 is 2.00 bits per heavy atom. The number of nitrogens with zero attached hydrogens (tertiary/aromatic N) is 1. The summed E-state index contributed by atoms with van der Waals surface area (Å²) in [6.07, 6.45) is 0. The first kappa shape index (κ1) is 14.8. The maximum absolute atomic E-state index is 11.5. The molecule has 1 heterocycles. The van der Waals surface area contributed by atoms with E-state index in [0.717, 1.165) is 0 Å².